The summed E-state index contributed by atoms with van der Waals surface area (Å²) in [6, 6.07) is 4.81. The van der Waals surface area contributed by atoms with Crippen LogP contribution in [0.1, 0.15) is 18.4 Å². The van der Waals surface area contributed by atoms with Crippen molar-refractivity contribution < 1.29 is 14.5 Å². The van der Waals surface area contributed by atoms with E-state index in [-0.39, 0.29) is 23.3 Å². The highest BCUT2D eigenvalue weighted by atomic mass is 16.6. The third-order valence-electron chi connectivity index (χ3n) is 4.83. The van der Waals surface area contributed by atoms with Crippen LogP contribution in [0.4, 0.5) is 5.69 Å². The number of hydrogen-bond acceptors (Lipinski definition) is 4. The van der Waals surface area contributed by atoms with E-state index < -0.39 is 4.92 Å². The topological polar surface area (TPSA) is 72.7 Å². The second-order valence-electron chi connectivity index (χ2n) is 6.34. The van der Waals surface area contributed by atoms with Gasteiger partial charge >= 0.3 is 5.69 Å². The zero-order chi connectivity index (χ0) is 16.6. The standard InChI is InChI=1S/C17H20N2O4/c1-18(17(20)14-8-11-3-5-13(14)7-11)10-12-4-6-16(23-2)15(9-12)19(21)22/h3-6,9,11,13-14H,7-8,10H2,1-2H3. The van der Waals surface area contributed by atoms with Crippen LogP contribution in [0.2, 0.25) is 0 Å². The van der Waals surface area contributed by atoms with E-state index in [1.54, 1.807) is 24.1 Å². The summed E-state index contributed by atoms with van der Waals surface area (Å²) in [4.78, 5) is 24.9. The van der Waals surface area contributed by atoms with Crippen molar-refractivity contribution in [2.75, 3.05) is 14.2 Å². The van der Waals surface area contributed by atoms with Gasteiger partial charge in [0.15, 0.2) is 5.75 Å². The fourth-order valence-corrected chi connectivity index (χ4v) is 3.68. The zero-order valence-corrected chi connectivity index (χ0v) is 13.3. The molecular formula is C17H20N2O4. The second-order valence-corrected chi connectivity index (χ2v) is 6.34. The molecule has 1 aromatic carbocycles. The molecule has 0 aliphatic heterocycles. The number of benzene rings is 1. The van der Waals surface area contributed by atoms with Gasteiger partial charge in [0.05, 0.1) is 12.0 Å². The van der Waals surface area contributed by atoms with Crippen LogP contribution in [0.5, 0.6) is 5.75 Å². The van der Waals surface area contributed by atoms with Gasteiger partial charge in [-0.1, -0.05) is 18.2 Å². The molecule has 3 rings (SSSR count). The molecule has 6 heteroatoms. The van der Waals surface area contributed by atoms with Crippen LogP contribution in [0.3, 0.4) is 0 Å². The summed E-state index contributed by atoms with van der Waals surface area (Å²) in [5.74, 6) is 1.32. The highest BCUT2D eigenvalue weighted by molar-refractivity contribution is 5.80. The van der Waals surface area contributed by atoms with Gasteiger partial charge in [0.2, 0.25) is 5.91 Å². The van der Waals surface area contributed by atoms with E-state index in [4.69, 9.17) is 4.74 Å². The Balaban J connectivity index is 1.71. The normalized spacial score (nSPS) is 24.7. The van der Waals surface area contributed by atoms with E-state index in [1.807, 2.05) is 0 Å². The number of amides is 1. The Bertz CT molecular complexity index is 671. The van der Waals surface area contributed by atoms with Gasteiger partial charge in [0.25, 0.3) is 0 Å². The minimum Gasteiger partial charge on any atom is -0.490 e. The molecular weight excluding hydrogens is 296 g/mol. The number of carbonyl (C=O) groups is 1. The molecule has 0 radical (unpaired) electrons. The van der Waals surface area contributed by atoms with Crippen LogP contribution in [0.15, 0.2) is 30.4 Å². The molecule has 0 aromatic heterocycles. The van der Waals surface area contributed by atoms with Gasteiger partial charge in [-0.15, -0.1) is 0 Å². The lowest BCUT2D eigenvalue weighted by molar-refractivity contribution is -0.385. The van der Waals surface area contributed by atoms with Crippen molar-refractivity contribution in [3.63, 3.8) is 0 Å². The Labute approximate surface area is 134 Å². The van der Waals surface area contributed by atoms with E-state index in [9.17, 15) is 14.9 Å². The molecule has 0 heterocycles. The SMILES string of the molecule is COc1ccc(CN(C)C(=O)C2CC3C=CC2C3)cc1[N+](=O)[O-]. The summed E-state index contributed by atoms with van der Waals surface area (Å²) in [5, 5.41) is 11.1. The van der Waals surface area contributed by atoms with E-state index in [1.165, 1.54) is 13.2 Å². The summed E-state index contributed by atoms with van der Waals surface area (Å²) >= 11 is 0. The van der Waals surface area contributed by atoms with Crippen LogP contribution in [-0.4, -0.2) is 29.9 Å². The highest BCUT2D eigenvalue weighted by Gasteiger charge is 2.40. The summed E-state index contributed by atoms with van der Waals surface area (Å²) in [6.45, 7) is 0.362. The van der Waals surface area contributed by atoms with Gasteiger partial charge in [-0.25, -0.2) is 0 Å². The number of allylic oxidation sites excluding steroid dienone is 2. The Kier molecular flexibility index (Phi) is 4.07. The number of carbonyl (C=O) groups excluding carboxylic acids is 1. The van der Waals surface area contributed by atoms with Gasteiger partial charge in [0, 0.05) is 25.6 Å². The Morgan fingerprint density at radius 1 is 1.39 bits per heavy atom. The second kappa shape index (κ2) is 6.02. The lowest BCUT2D eigenvalue weighted by Gasteiger charge is -2.24. The van der Waals surface area contributed by atoms with Crippen molar-refractivity contribution in [1.82, 2.24) is 4.90 Å². The molecule has 1 aromatic rings. The predicted octanol–water partition coefficient (Wildman–Crippen LogP) is 2.77. The number of fused-ring (bicyclic) bond motifs is 2. The fraction of sp³-hybridized carbons (Fsp3) is 0.471. The summed E-state index contributed by atoms with van der Waals surface area (Å²) in [7, 11) is 3.16. The molecule has 2 bridgehead atoms. The number of nitro benzene ring substituents is 1. The number of hydrogen-bond donors (Lipinski definition) is 0. The van der Waals surface area contributed by atoms with Crippen LogP contribution in [0.25, 0.3) is 0 Å². The van der Waals surface area contributed by atoms with Crippen molar-refractivity contribution in [3.05, 3.63) is 46.0 Å². The molecule has 1 saturated carbocycles. The van der Waals surface area contributed by atoms with Crippen molar-refractivity contribution in [2.24, 2.45) is 17.8 Å². The van der Waals surface area contributed by atoms with Gasteiger partial charge in [-0.2, -0.15) is 0 Å². The molecule has 0 saturated heterocycles. The number of nitro groups is 1. The first-order valence-electron chi connectivity index (χ1n) is 7.74. The van der Waals surface area contributed by atoms with E-state index in [0.717, 1.165) is 18.4 Å². The predicted molar refractivity (Wildman–Crippen MR) is 85.0 cm³/mol. The average molecular weight is 316 g/mol. The maximum atomic E-state index is 12.6. The molecule has 1 fully saturated rings. The largest absolute Gasteiger partial charge is 0.490 e. The molecule has 0 spiro atoms. The minimum atomic E-state index is -0.467. The summed E-state index contributed by atoms with van der Waals surface area (Å²) in [5.41, 5.74) is 0.653. The van der Waals surface area contributed by atoms with E-state index >= 15 is 0 Å². The van der Waals surface area contributed by atoms with E-state index in [0.29, 0.717) is 18.4 Å². The maximum Gasteiger partial charge on any atom is 0.311 e. The quantitative estimate of drug-likeness (QED) is 0.476. The molecule has 6 nitrogen and oxygen atoms in total. The van der Waals surface area contributed by atoms with Crippen LogP contribution < -0.4 is 4.74 Å². The summed E-state index contributed by atoms with van der Waals surface area (Å²) < 4.78 is 5.00. The van der Waals surface area contributed by atoms with Crippen molar-refractivity contribution in [1.29, 1.82) is 0 Å². The molecule has 122 valence electrons. The molecule has 3 unspecified atom stereocenters. The number of nitrogens with zero attached hydrogens (tertiary/aromatic N) is 2. The van der Waals surface area contributed by atoms with Crippen molar-refractivity contribution in [3.8, 4) is 5.75 Å². The van der Waals surface area contributed by atoms with Gasteiger partial charge < -0.3 is 9.64 Å². The molecule has 2 aliphatic rings. The average Bonchev–Trinajstić information content (AvgIpc) is 3.16. The molecule has 1 amide bonds. The van der Waals surface area contributed by atoms with Gasteiger partial charge in [-0.3, -0.25) is 14.9 Å². The van der Waals surface area contributed by atoms with E-state index in [2.05, 4.69) is 12.2 Å². The maximum absolute atomic E-state index is 12.6. The number of rotatable bonds is 5. The first kappa shape index (κ1) is 15.5. The van der Waals surface area contributed by atoms with Gasteiger partial charge in [-0.05, 0) is 36.3 Å². The fourth-order valence-electron chi connectivity index (χ4n) is 3.68. The van der Waals surface area contributed by atoms with Crippen LogP contribution in [-0.2, 0) is 11.3 Å². The summed E-state index contributed by atoms with van der Waals surface area (Å²) in [6.07, 6.45) is 6.37. The zero-order valence-electron chi connectivity index (χ0n) is 13.3. The Morgan fingerprint density at radius 2 is 2.17 bits per heavy atom. The third kappa shape index (κ3) is 2.93. The number of methoxy groups -OCH3 is 1. The van der Waals surface area contributed by atoms with Crippen LogP contribution in [0, 0.1) is 27.9 Å². The smallest absolute Gasteiger partial charge is 0.311 e. The molecule has 2 aliphatic carbocycles. The Hall–Kier alpha value is -2.37. The van der Waals surface area contributed by atoms with Crippen LogP contribution >= 0.6 is 0 Å². The van der Waals surface area contributed by atoms with Crippen molar-refractivity contribution in [2.45, 2.75) is 19.4 Å². The molecule has 23 heavy (non-hydrogen) atoms. The monoisotopic (exact) mass is 316 g/mol. The lowest BCUT2D eigenvalue weighted by atomic mass is 9.92. The van der Waals surface area contributed by atoms with Gasteiger partial charge in [0.1, 0.15) is 0 Å². The van der Waals surface area contributed by atoms with Crippen molar-refractivity contribution >= 4 is 11.6 Å². The Morgan fingerprint density at radius 3 is 2.74 bits per heavy atom. The minimum absolute atomic E-state index is 0.0586. The first-order valence-corrected chi connectivity index (χ1v) is 7.74. The number of ether oxygens (including phenoxy) is 1. The highest BCUT2D eigenvalue weighted by Crippen LogP contribution is 2.44. The molecule has 3 atom stereocenters. The first-order chi connectivity index (χ1) is 11.0. The molecule has 0 N–H and O–H groups in total. The third-order valence-corrected chi connectivity index (χ3v) is 4.83. The lowest BCUT2D eigenvalue weighted by Crippen LogP contribution is -2.34.